The van der Waals surface area contributed by atoms with E-state index in [1.54, 1.807) is 6.07 Å². The van der Waals surface area contributed by atoms with Crippen LogP contribution in [0.25, 0.3) is 0 Å². The van der Waals surface area contributed by atoms with Crippen LogP contribution in [0, 0.1) is 17.2 Å². The van der Waals surface area contributed by atoms with Gasteiger partial charge in [0, 0.05) is 12.3 Å². The van der Waals surface area contributed by atoms with Gasteiger partial charge in [0.15, 0.2) is 0 Å². The summed E-state index contributed by atoms with van der Waals surface area (Å²) in [6.45, 7) is 1.37. The molecule has 58 valence electrons. The Labute approximate surface area is 67.2 Å². The van der Waals surface area contributed by atoms with Gasteiger partial charge < -0.3 is 0 Å². The van der Waals surface area contributed by atoms with E-state index in [1.165, 1.54) is 6.92 Å². The molecule has 0 aromatic carbocycles. The fourth-order valence-corrected chi connectivity index (χ4v) is 0.971. The number of alkyl halides is 3. The number of rotatable bonds is 3. The lowest BCUT2D eigenvalue weighted by Crippen LogP contribution is -2.27. The molecule has 0 aliphatic heterocycles. The molecule has 0 aromatic heterocycles. The molecule has 0 radical (unpaired) electrons. The maximum Gasteiger partial charge on any atom is 0.261 e. The van der Waals surface area contributed by atoms with Crippen LogP contribution in [0.4, 0.5) is 8.78 Å². The lowest BCUT2D eigenvalue weighted by atomic mass is 10.0. The highest BCUT2D eigenvalue weighted by molar-refractivity contribution is 9.09. The Bertz CT molecular complexity index is 141. The van der Waals surface area contributed by atoms with E-state index in [0.717, 1.165) is 0 Å². The molecule has 10 heavy (non-hydrogen) atoms. The van der Waals surface area contributed by atoms with E-state index >= 15 is 0 Å². The average molecular weight is 212 g/mol. The number of hydrogen-bond acceptors (Lipinski definition) is 1. The molecule has 0 heterocycles. The van der Waals surface area contributed by atoms with Crippen molar-refractivity contribution in [3.63, 3.8) is 0 Å². The van der Waals surface area contributed by atoms with Crippen molar-refractivity contribution >= 4 is 15.9 Å². The molecule has 1 unspecified atom stereocenters. The van der Waals surface area contributed by atoms with Crippen LogP contribution in [-0.2, 0) is 0 Å². The molecule has 0 saturated heterocycles. The van der Waals surface area contributed by atoms with E-state index in [1.807, 2.05) is 0 Å². The fraction of sp³-hybridized carbons (Fsp3) is 0.833. The molecule has 0 amide bonds. The fourth-order valence-electron chi connectivity index (χ4n) is 0.418. The van der Waals surface area contributed by atoms with Gasteiger partial charge >= 0.3 is 0 Å². The van der Waals surface area contributed by atoms with Gasteiger partial charge in [0.25, 0.3) is 5.92 Å². The van der Waals surface area contributed by atoms with Crippen molar-refractivity contribution < 1.29 is 8.78 Å². The second-order valence-corrected chi connectivity index (χ2v) is 2.72. The van der Waals surface area contributed by atoms with Crippen LogP contribution in [0.2, 0.25) is 0 Å². The molecular formula is C6H8BrF2N. The molecule has 1 nitrogen and oxygen atoms in total. The quantitative estimate of drug-likeness (QED) is 0.659. The van der Waals surface area contributed by atoms with Crippen molar-refractivity contribution in [2.45, 2.75) is 19.3 Å². The van der Waals surface area contributed by atoms with Crippen LogP contribution >= 0.6 is 15.9 Å². The van der Waals surface area contributed by atoms with Gasteiger partial charge in [0.05, 0.1) is 11.4 Å². The molecule has 0 saturated carbocycles. The van der Waals surface area contributed by atoms with Crippen LogP contribution in [0.1, 0.15) is 13.3 Å². The molecule has 0 aliphatic carbocycles. The summed E-state index contributed by atoms with van der Waals surface area (Å²) >= 11 is 2.68. The van der Waals surface area contributed by atoms with Crippen molar-refractivity contribution in [2.24, 2.45) is 5.92 Å². The van der Waals surface area contributed by atoms with Gasteiger partial charge in [0.1, 0.15) is 0 Å². The summed E-state index contributed by atoms with van der Waals surface area (Å²) in [4.78, 5) is 0. The third kappa shape index (κ3) is 2.61. The van der Waals surface area contributed by atoms with Crippen LogP contribution in [0.5, 0.6) is 0 Å². The van der Waals surface area contributed by atoms with Gasteiger partial charge in [0.2, 0.25) is 0 Å². The third-order valence-electron chi connectivity index (χ3n) is 1.30. The predicted molar refractivity (Wildman–Crippen MR) is 38.1 cm³/mol. The zero-order valence-electron chi connectivity index (χ0n) is 5.57. The Kier molecular flexibility index (Phi) is 3.80. The van der Waals surface area contributed by atoms with Crippen LogP contribution in [0.3, 0.4) is 0 Å². The summed E-state index contributed by atoms with van der Waals surface area (Å²) < 4.78 is 25.1. The van der Waals surface area contributed by atoms with Crippen molar-refractivity contribution in [3.05, 3.63) is 0 Å². The van der Waals surface area contributed by atoms with E-state index in [9.17, 15) is 8.78 Å². The van der Waals surface area contributed by atoms with Gasteiger partial charge in [-0.25, -0.2) is 8.78 Å². The summed E-state index contributed by atoms with van der Waals surface area (Å²) in [5, 5.41) is 7.72. The first kappa shape index (κ1) is 9.83. The Balaban J connectivity index is 3.93. The Morgan fingerprint density at radius 2 is 2.20 bits per heavy atom. The molecule has 4 heteroatoms. The Morgan fingerprint density at radius 1 is 1.70 bits per heavy atom. The number of nitriles is 1. The minimum Gasteiger partial charge on any atom is -0.206 e. The highest BCUT2D eigenvalue weighted by Crippen LogP contribution is 2.28. The SMILES string of the molecule is CC(CC#N)C(F)(F)CBr. The first-order valence-electron chi connectivity index (χ1n) is 2.85. The van der Waals surface area contributed by atoms with Gasteiger partial charge in [-0.3, -0.25) is 0 Å². The minimum atomic E-state index is -2.75. The first-order chi connectivity index (χ1) is 4.54. The van der Waals surface area contributed by atoms with Gasteiger partial charge in [-0.2, -0.15) is 5.26 Å². The monoisotopic (exact) mass is 211 g/mol. The van der Waals surface area contributed by atoms with Crippen molar-refractivity contribution in [1.29, 1.82) is 5.26 Å². The van der Waals surface area contributed by atoms with Gasteiger partial charge in [-0.15, -0.1) is 0 Å². The minimum absolute atomic E-state index is 0.0986. The molecule has 0 bridgehead atoms. The molecule has 0 rings (SSSR count). The summed E-state index contributed by atoms with van der Waals surface area (Å²) in [6.07, 6.45) is -0.0986. The van der Waals surface area contributed by atoms with Crippen molar-refractivity contribution in [3.8, 4) is 6.07 Å². The summed E-state index contributed by atoms with van der Waals surface area (Å²) in [7, 11) is 0. The molecule has 0 fully saturated rings. The van der Waals surface area contributed by atoms with Crippen LogP contribution in [0.15, 0.2) is 0 Å². The standard InChI is InChI=1S/C6H8BrF2N/c1-5(2-3-10)6(8,9)4-7/h5H,2,4H2,1H3. The number of hydrogen-bond donors (Lipinski definition) is 0. The van der Waals surface area contributed by atoms with Crippen LogP contribution < -0.4 is 0 Å². The van der Waals surface area contributed by atoms with Crippen molar-refractivity contribution in [2.75, 3.05) is 5.33 Å². The van der Waals surface area contributed by atoms with E-state index in [2.05, 4.69) is 15.9 Å². The second-order valence-electron chi connectivity index (χ2n) is 2.16. The highest BCUT2D eigenvalue weighted by Gasteiger charge is 2.34. The van der Waals surface area contributed by atoms with E-state index in [4.69, 9.17) is 5.26 Å². The average Bonchev–Trinajstić information content (AvgIpc) is 1.89. The molecule has 0 spiro atoms. The van der Waals surface area contributed by atoms with E-state index in [-0.39, 0.29) is 11.8 Å². The topological polar surface area (TPSA) is 23.8 Å². The number of nitrogens with zero attached hydrogens (tertiary/aromatic N) is 1. The summed E-state index contributed by atoms with van der Waals surface area (Å²) in [5.41, 5.74) is 0. The lowest BCUT2D eigenvalue weighted by Gasteiger charge is -2.18. The predicted octanol–water partition coefficient (Wildman–Crippen LogP) is 2.57. The lowest BCUT2D eigenvalue weighted by molar-refractivity contribution is -0.0241. The smallest absolute Gasteiger partial charge is 0.206 e. The molecule has 0 aromatic rings. The van der Waals surface area contributed by atoms with Crippen LogP contribution in [-0.4, -0.2) is 11.3 Å². The Morgan fingerprint density at radius 3 is 2.50 bits per heavy atom. The van der Waals surface area contributed by atoms with E-state index < -0.39 is 11.8 Å². The molecule has 1 atom stereocenters. The Hall–Kier alpha value is -0.170. The summed E-state index contributed by atoms with van der Waals surface area (Å²) in [6, 6.07) is 1.71. The highest BCUT2D eigenvalue weighted by atomic mass is 79.9. The van der Waals surface area contributed by atoms with E-state index in [0.29, 0.717) is 0 Å². The molecular weight excluding hydrogens is 204 g/mol. The zero-order valence-corrected chi connectivity index (χ0v) is 7.16. The number of halogens is 3. The first-order valence-corrected chi connectivity index (χ1v) is 3.97. The molecule has 0 aliphatic rings. The van der Waals surface area contributed by atoms with Crippen molar-refractivity contribution in [1.82, 2.24) is 0 Å². The van der Waals surface area contributed by atoms with Gasteiger partial charge in [-0.1, -0.05) is 22.9 Å². The maximum absolute atomic E-state index is 12.5. The normalized spacial score (nSPS) is 14.3. The largest absolute Gasteiger partial charge is 0.261 e. The third-order valence-corrected chi connectivity index (χ3v) is 2.04. The maximum atomic E-state index is 12.5. The molecule has 0 N–H and O–H groups in total. The second kappa shape index (κ2) is 3.87. The zero-order chi connectivity index (χ0) is 8.20. The summed E-state index contributed by atoms with van der Waals surface area (Å²) in [5.74, 6) is -3.62. The van der Waals surface area contributed by atoms with Gasteiger partial charge in [-0.05, 0) is 0 Å².